The van der Waals surface area contributed by atoms with Crippen molar-refractivity contribution in [3.05, 3.63) is 45.3 Å². The van der Waals surface area contributed by atoms with Gasteiger partial charge in [-0.2, -0.15) is 0 Å². The van der Waals surface area contributed by atoms with Crippen molar-refractivity contribution in [1.82, 2.24) is 4.57 Å². The van der Waals surface area contributed by atoms with Gasteiger partial charge in [0.15, 0.2) is 0 Å². The molecule has 19 heavy (non-hydrogen) atoms. The lowest BCUT2D eigenvalue weighted by atomic mass is 10.2. The van der Waals surface area contributed by atoms with Crippen molar-refractivity contribution in [3.63, 3.8) is 0 Å². The zero-order valence-corrected chi connectivity index (χ0v) is 13.0. The van der Waals surface area contributed by atoms with Crippen LogP contribution in [0.4, 0.5) is 0 Å². The number of hydrogen-bond donors (Lipinski definition) is 1. The smallest absolute Gasteiger partial charge is 0.237 e. The Morgan fingerprint density at radius 3 is 1.89 bits per heavy atom. The summed E-state index contributed by atoms with van der Waals surface area (Å²) < 4.78 is 3.97. The summed E-state index contributed by atoms with van der Waals surface area (Å²) in [4.78, 5) is 11.3. The van der Waals surface area contributed by atoms with Gasteiger partial charge in [0.2, 0.25) is 5.91 Å². The highest BCUT2D eigenvalue weighted by Crippen LogP contribution is 2.32. The maximum atomic E-state index is 11.3. The molecular formula is C14H10Br2N2O. The first-order chi connectivity index (χ1) is 9.06. The molecule has 0 radical (unpaired) electrons. The van der Waals surface area contributed by atoms with Crippen LogP contribution in [0.2, 0.25) is 0 Å². The zero-order valence-electron chi connectivity index (χ0n) is 9.86. The number of carbonyl (C=O) groups excluding carboxylic acids is 1. The fourth-order valence-corrected chi connectivity index (χ4v) is 3.10. The third-order valence-electron chi connectivity index (χ3n) is 3.10. The minimum Gasteiger partial charge on any atom is -0.368 e. The predicted molar refractivity (Wildman–Crippen MR) is 84.0 cm³/mol. The number of benzene rings is 2. The first-order valence-electron chi connectivity index (χ1n) is 5.71. The quantitative estimate of drug-likeness (QED) is 0.720. The van der Waals surface area contributed by atoms with E-state index in [1.54, 1.807) is 0 Å². The SMILES string of the molecule is NC(=O)Cn1c2ccc(Br)cc2c2cc(Br)ccc21. The fraction of sp³-hybridized carbons (Fsp3) is 0.0714. The molecule has 1 amide bonds. The van der Waals surface area contributed by atoms with Gasteiger partial charge in [-0.3, -0.25) is 4.79 Å². The van der Waals surface area contributed by atoms with E-state index in [9.17, 15) is 4.79 Å². The Morgan fingerprint density at radius 2 is 1.47 bits per heavy atom. The minimum absolute atomic E-state index is 0.184. The van der Waals surface area contributed by atoms with Gasteiger partial charge >= 0.3 is 0 Å². The third kappa shape index (κ3) is 2.17. The molecule has 0 aliphatic heterocycles. The number of nitrogens with zero attached hydrogens (tertiary/aromatic N) is 1. The summed E-state index contributed by atoms with van der Waals surface area (Å²) in [6, 6.07) is 12.0. The van der Waals surface area contributed by atoms with Crippen LogP contribution in [0.25, 0.3) is 21.8 Å². The van der Waals surface area contributed by atoms with Gasteiger partial charge in [0.1, 0.15) is 6.54 Å². The summed E-state index contributed by atoms with van der Waals surface area (Å²) in [5.41, 5.74) is 7.37. The van der Waals surface area contributed by atoms with Crippen molar-refractivity contribution in [3.8, 4) is 0 Å². The van der Waals surface area contributed by atoms with E-state index in [0.717, 1.165) is 30.8 Å². The molecule has 3 aromatic rings. The number of carbonyl (C=O) groups is 1. The van der Waals surface area contributed by atoms with E-state index in [4.69, 9.17) is 5.73 Å². The topological polar surface area (TPSA) is 48.0 Å². The Morgan fingerprint density at radius 1 is 1.00 bits per heavy atom. The van der Waals surface area contributed by atoms with Crippen molar-refractivity contribution < 1.29 is 4.79 Å². The number of hydrogen-bond acceptors (Lipinski definition) is 1. The second-order valence-corrected chi connectivity index (χ2v) is 6.21. The van der Waals surface area contributed by atoms with Gasteiger partial charge < -0.3 is 10.3 Å². The Labute approximate surface area is 126 Å². The van der Waals surface area contributed by atoms with Crippen molar-refractivity contribution in [2.75, 3.05) is 0 Å². The van der Waals surface area contributed by atoms with Gasteiger partial charge in [-0.15, -0.1) is 0 Å². The van der Waals surface area contributed by atoms with Crippen molar-refractivity contribution >= 4 is 59.6 Å². The molecule has 3 rings (SSSR count). The molecule has 0 atom stereocenters. The van der Waals surface area contributed by atoms with Crippen LogP contribution in [0.5, 0.6) is 0 Å². The summed E-state index contributed by atoms with van der Waals surface area (Å²) in [7, 11) is 0. The third-order valence-corrected chi connectivity index (χ3v) is 4.09. The number of halogens is 2. The van der Waals surface area contributed by atoms with Gasteiger partial charge in [-0.05, 0) is 36.4 Å². The second-order valence-electron chi connectivity index (χ2n) is 4.38. The number of fused-ring (bicyclic) bond motifs is 3. The molecule has 1 aromatic heterocycles. The van der Waals surface area contributed by atoms with E-state index >= 15 is 0 Å². The summed E-state index contributed by atoms with van der Waals surface area (Å²) >= 11 is 6.97. The van der Waals surface area contributed by atoms with E-state index < -0.39 is 0 Å². The Kier molecular flexibility index (Phi) is 3.11. The fourth-order valence-electron chi connectivity index (χ4n) is 2.37. The number of amides is 1. The Balaban J connectivity index is 2.46. The number of rotatable bonds is 2. The molecular weight excluding hydrogens is 372 g/mol. The lowest BCUT2D eigenvalue weighted by molar-refractivity contribution is -0.118. The Hall–Kier alpha value is -1.33. The van der Waals surface area contributed by atoms with Crippen LogP contribution in [0.3, 0.4) is 0 Å². The molecule has 2 N–H and O–H groups in total. The Bertz CT molecular complexity index is 749. The van der Waals surface area contributed by atoms with Crippen LogP contribution in [0, 0.1) is 0 Å². The second kappa shape index (κ2) is 4.65. The molecule has 96 valence electrons. The highest BCUT2D eigenvalue weighted by molar-refractivity contribution is 9.10. The molecule has 0 bridgehead atoms. The molecule has 0 aliphatic carbocycles. The molecule has 0 aliphatic rings. The van der Waals surface area contributed by atoms with Gasteiger partial charge in [0.05, 0.1) is 0 Å². The molecule has 0 unspecified atom stereocenters. The average Bonchev–Trinajstić information content (AvgIpc) is 2.62. The van der Waals surface area contributed by atoms with E-state index in [1.807, 2.05) is 28.8 Å². The van der Waals surface area contributed by atoms with Crippen LogP contribution in [0.15, 0.2) is 45.3 Å². The zero-order chi connectivity index (χ0) is 13.6. The van der Waals surface area contributed by atoms with Crippen LogP contribution in [-0.4, -0.2) is 10.5 Å². The maximum Gasteiger partial charge on any atom is 0.237 e. The van der Waals surface area contributed by atoms with Gasteiger partial charge in [0, 0.05) is 30.8 Å². The average molecular weight is 382 g/mol. The van der Waals surface area contributed by atoms with Crippen molar-refractivity contribution in [1.29, 1.82) is 0 Å². The van der Waals surface area contributed by atoms with Crippen molar-refractivity contribution in [2.24, 2.45) is 5.73 Å². The van der Waals surface area contributed by atoms with E-state index in [2.05, 4.69) is 44.0 Å². The lowest BCUT2D eigenvalue weighted by Gasteiger charge is -2.04. The highest BCUT2D eigenvalue weighted by atomic mass is 79.9. The van der Waals surface area contributed by atoms with Crippen molar-refractivity contribution in [2.45, 2.75) is 6.54 Å². The summed E-state index contributed by atoms with van der Waals surface area (Å²) in [5, 5.41) is 2.21. The van der Waals surface area contributed by atoms with Crippen LogP contribution in [0.1, 0.15) is 0 Å². The van der Waals surface area contributed by atoms with Crippen LogP contribution in [-0.2, 0) is 11.3 Å². The number of aromatic nitrogens is 1. The standard InChI is InChI=1S/C14H10Br2N2O/c15-8-1-3-12-10(5-8)11-6-9(16)2-4-13(11)18(12)7-14(17)19/h1-6H,7H2,(H2,17,19). The summed E-state index contributed by atoms with van der Waals surface area (Å²) in [6.45, 7) is 0.184. The monoisotopic (exact) mass is 380 g/mol. The minimum atomic E-state index is -0.343. The normalized spacial score (nSPS) is 11.3. The number of primary amides is 1. The molecule has 0 saturated carbocycles. The first kappa shape index (κ1) is 12.7. The molecule has 0 fully saturated rings. The largest absolute Gasteiger partial charge is 0.368 e. The summed E-state index contributed by atoms with van der Waals surface area (Å²) in [5.74, 6) is -0.343. The number of nitrogens with two attached hydrogens (primary N) is 1. The highest BCUT2D eigenvalue weighted by Gasteiger charge is 2.12. The first-order valence-corrected chi connectivity index (χ1v) is 7.30. The van der Waals surface area contributed by atoms with Crippen LogP contribution < -0.4 is 5.73 Å². The van der Waals surface area contributed by atoms with Gasteiger partial charge in [-0.1, -0.05) is 31.9 Å². The van der Waals surface area contributed by atoms with E-state index in [-0.39, 0.29) is 12.5 Å². The molecule has 0 spiro atoms. The van der Waals surface area contributed by atoms with E-state index in [0.29, 0.717) is 0 Å². The van der Waals surface area contributed by atoms with Gasteiger partial charge in [-0.25, -0.2) is 0 Å². The molecule has 3 nitrogen and oxygen atoms in total. The maximum absolute atomic E-state index is 11.3. The molecule has 2 aromatic carbocycles. The predicted octanol–water partition coefficient (Wildman–Crippen LogP) is 3.80. The molecule has 1 heterocycles. The summed E-state index contributed by atoms with van der Waals surface area (Å²) in [6.07, 6.45) is 0. The van der Waals surface area contributed by atoms with Gasteiger partial charge in [0.25, 0.3) is 0 Å². The molecule has 0 saturated heterocycles. The lowest BCUT2D eigenvalue weighted by Crippen LogP contribution is -2.18. The molecule has 5 heteroatoms. The van der Waals surface area contributed by atoms with E-state index in [1.165, 1.54) is 0 Å². The van der Waals surface area contributed by atoms with Crippen LogP contribution >= 0.6 is 31.9 Å².